The molecular weight excluding hydrogens is 334 g/mol. The third-order valence-corrected chi connectivity index (χ3v) is 5.00. The summed E-state index contributed by atoms with van der Waals surface area (Å²) in [5.41, 5.74) is 0.904. The molecule has 1 aromatic rings. The number of phenolic OH excluding ortho intramolecular Hbond substituents is 1. The molecule has 0 bridgehead atoms. The van der Waals surface area contributed by atoms with E-state index in [1.54, 1.807) is 36.4 Å². The van der Waals surface area contributed by atoms with Crippen LogP contribution < -0.4 is 5.32 Å². The van der Waals surface area contributed by atoms with Crippen molar-refractivity contribution in [2.45, 2.75) is 84.5 Å². The molecule has 0 aliphatic heterocycles. The van der Waals surface area contributed by atoms with Gasteiger partial charge in [0.15, 0.2) is 0 Å². The number of rotatable bonds is 15. The van der Waals surface area contributed by atoms with E-state index in [0.717, 1.165) is 12.1 Å². The molecule has 3 heteroatoms. The minimum Gasteiger partial charge on any atom is -0.508 e. The maximum absolute atomic E-state index is 11.9. The molecule has 1 amide bonds. The Kier molecular flexibility index (Phi) is 13.2. The first-order chi connectivity index (χ1) is 13.1. The van der Waals surface area contributed by atoms with Crippen molar-refractivity contribution >= 4 is 12.0 Å². The second-order valence-electron chi connectivity index (χ2n) is 7.75. The SMILES string of the molecule is CCCCCCCCCCCCC(C)CNC(=O)C=Cc1ccc(O)cc1. The third-order valence-electron chi connectivity index (χ3n) is 5.00. The summed E-state index contributed by atoms with van der Waals surface area (Å²) in [5, 5.41) is 12.2. The van der Waals surface area contributed by atoms with Gasteiger partial charge in [0.1, 0.15) is 5.75 Å². The number of amides is 1. The monoisotopic (exact) mass is 373 g/mol. The van der Waals surface area contributed by atoms with Gasteiger partial charge in [0.05, 0.1) is 0 Å². The van der Waals surface area contributed by atoms with Gasteiger partial charge in [0.2, 0.25) is 5.91 Å². The molecule has 0 saturated heterocycles. The van der Waals surface area contributed by atoms with Gasteiger partial charge < -0.3 is 10.4 Å². The fraction of sp³-hybridized carbons (Fsp3) is 0.625. The summed E-state index contributed by atoms with van der Waals surface area (Å²) < 4.78 is 0. The number of phenols is 1. The lowest BCUT2D eigenvalue weighted by Gasteiger charge is -2.11. The first-order valence-corrected chi connectivity index (χ1v) is 10.9. The molecule has 0 saturated carbocycles. The maximum Gasteiger partial charge on any atom is 0.244 e. The van der Waals surface area contributed by atoms with Crippen molar-refractivity contribution in [1.82, 2.24) is 5.32 Å². The first kappa shape index (κ1) is 23.3. The van der Waals surface area contributed by atoms with Crippen molar-refractivity contribution in [3.05, 3.63) is 35.9 Å². The van der Waals surface area contributed by atoms with Crippen LogP contribution in [0.5, 0.6) is 5.75 Å². The summed E-state index contributed by atoms with van der Waals surface area (Å²) in [7, 11) is 0. The van der Waals surface area contributed by atoms with Crippen LogP contribution in [0.1, 0.15) is 90.0 Å². The maximum atomic E-state index is 11.9. The highest BCUT2D eigenvalue weighted by molar-refractivity contribution is 5.91. The quantitative estimate of drug-likeness (QED) is 0.273. The summed E-state index contributed by atoms with van der Waals surface area (Å²) in [6.45, 7) is 5.20. The minimum absolute atomic E-state index is 0.0574. The standard InChI is InChI=1S/C24H39NO2/c1-3-4-5-6-7-8-9-10-11-12-13-21(2)20-25-24(27)19-16-22-14-17-23(26)18-15-22/h14-19,21,26H,3-13,20H2,1-2H3,(H,25,27). The second kappa shape index (κ2) is 15.3. The number of carbonyl (C=O) groups is 1. The van der Waals surface area contributed by atoms with Gasteiger partial charge in [0, 0.05) is 12.6 Å². The molecule has 0 heterocycles. The molecule has 0 aliphatic carbocycles. The lowest BCUT2D eigenvalue weighted by Crippen LogP contribution is -2.26. The Labute approximate surface area is 166 Å². The van der Waals surface area contributed by atoms with Crippen LogP contribution in [-0.2, 0) is 4.79 Å². The van der Waals surface area contributed by atoms with Crippen molar-refractivity contribution in [2.75, 3.05) is 6.54 Å². The van der Waals surface area contributed by atoms with Crippen molar-refractivity contribution < 1.29 is 9.90 Å². The highest BCUT2D eigenvalue weighted by Crippen LogP contribution is 2.14. The molecule has 0 spiro atoms. The lowest BCUT2D eigenvalue weighted by atomic mass is 10.0. The van der Waals surface area contributed by atoms with E-state index < -0.39 is 0 Å². The van der Waals surface area contributed by atoms with E-state index in [4.69, 9.17) is 0 Å². The molecule has 0 aliphatic rings. The van der Waals surface area contributed by atoms with Gasteiger partial charge in [-0.25, -0.2) is 0 Å². The average Bonchev–Trinajstić information content (AvgIpc) is 2.67. The largest absolute Gasteiger partial charge is 0.508 e. The smallest absolute Gasteiger partial charge is 0.244 e. The van der Waals surface area contributed by atoms with E-state index in [-0.39, 0.29) is 11.7 Å². The Morgan fingerprint density at radius 3 is 2.11 bits per heavy atom. The number of hydrogen-bond acceptors (Lipinski definition) is 2. The van der Waals surface area contributed by atoms with Gasteiger partial charge in [-0.15, -0.1) is 0 Å². The van der Waals surface area contributed by atoms with E-state index in [1.807, 2.05) is 0 Å². The molecule has 1 atom stereocenters. The fourth-order valence-corrected chi connectivity index (χ4v) is 3.17. The second-order valence-corrected chi connectivity index (χ2v) is 7.75. The minimum atomic E-state index is -0.0574. The van der Waals surface area contributed by atoms with Crippen LogP contribution in [0.15, 0.2) is 30.3 Å². The number of aromatic hydroxyl groups is 1. The lowest BCUT2D eigenvalue weighted by molar-refractivity contribution is -0.116. The van der Waals surface area contributed by atoms with Crippen molar-refractivity contribution in [2.24, 2.45) is 5.92 Å². The van der Waals surface area contributed by atoms with Crippen molar-refractivity contribution in [3.8, 4) is 5.75 Å². The fourth-order valence-electron chi connectivity index (χ4n) is 3.17. The van der Waals surface area contributed by atoms with Crippen molar-refractivity contribution in [1.29, 1.82) is 0 Å². The van der Waals surface area contributed by atoms with Gasteiger partial charge in [-0.2, -0.15) is 0 Å². The number of unbranched alkanes of at least 4 members (excludes halogenated alkanes) is 9. The number of nitrogens with one attached hydrogen (secondary N) is 1. The van der Waals surface area contributed by atoms with E-state index in [0.29, 0.717) is 5.92 Å². The molecule has 1 unspecified atom stereocenters. The highest BCUT2D eigenvalue weighted by atomic mass is 16.3. The van der Waals surface area contributed by atoms with Crippen LogP contribution in [0.2, 0.25) is 0 Å². The van der Waals surface area contributed by atoms with Crippen LogP contribution in [0.25, 0.3) is 6.08 Å². The molecular formula is C24H39NO2. The molecule has 0 fully saturated rings. The summed E-state index contributed by atoms with van der Waals surface area (Å²) >= 11 is 0. The van der Waals surface area contributed by atoms with Crippen LogP contribution in [0.4, 0.5) is 0 Å². The van der Waals surface area contributed by atoms with Crippen molar-refractivity contribution in [3.63, 3.8) is 0 Å². The number of carbonyl (C=O) groups excluding carboxylic acids is 1. The molecule has 0 radical (unpaired) electrons. The zero-order valence-electron chi connectivity index (χ0n) is 17.4. The van der Waals surface area contributed by atoms with E-state index >= 15 is 0 Å². The average molecular weight is 374 g/mol. The van der Waals surface area contributed by atoms with Gasteiger partial charge in [-0.3, -0.25) is 4.79 Å². The van der Waals surface area contributed by atoms with Gasteiger partial charge >= 0.3 is 0 Å². The Bertz CT molecular complexity index is 522. The number of hydrogen-bond donors (Lipinski definition) is 2. The van der Waals surface area contributed by atoms with Gasteiger partial charge in [0.25, 0.3) is 0 Å². The molecule has 152 valence electrons. The summed E-state index contributed by atoms with van der Waals surface area (Å²) in [6, 6.07) is 6.80. The van der Waals surface area contributed by atoms with E-state index in [1.165, 1.54) is 70.6 Å². The third kappa shape index (κ3) is 13.1. The van der Waals surface area contributed by atoms with Gasteiger partial charge in [-0.05, 0) is 36.1 Å². The highest BCUT2D eigenvalue weighted by Gasteiger charge is 2.04. The number of benzene rings is 1. The Morgan fingerprint density at radius 2 is 1.52 bits per heavy atom. The zero-order valence-corrected chi connectivity index (χ0v) is 17.4. The zero-order chi connectivity index (χ0) is 19.7. The summed E-state index contributed by atoms with van der Waals surface area (Å²) in [5.74, 6) is 0.695. The predicted octanol–water partition coefficient (Wildman–Crippen LogP) is 6.47. The van der Waals surface area contributed by atoms with Gasteiger partial charge in [-0.1, -0.05) is 90.2 Å². The Hall–Kier alpha value is -1.77. The molecule has 1 rings (SSSR count). The predicted molar refractivity (Wildman–Crippen MR) is 116 cm³/mol. The molecule has 2 N–H and O–H groups in total. The molecule has 0 aromatic heterocycles. The summed E-state index contributed by atoms with van der Waals surface area (Å²) in [6.07, 6.45) is 18.1. The van der Waals surface area contributed by atoms with Crippen LogP contribution in [0, 0.1) is 5.92 Å². The van der Waals surface area contributed by atoms with E-state index in [2.05, 4.69) is 19.2 Å². The van der Waals surface area contributed by atoms with E-state index in [9.17, 15) is 9.90 Å². The first-order valence-electron chi connectivity index (χ1n) is 10.9. The molecule has 27 heavy (non-hydrogen) atoms. The summed E-state index contributed by atoms with van der Waals surface area (Å²) in [4.78, 5) is 11.9. The molecule has 3 nitrogen and oxygen atoms in total. The van der Waals surface area contributed by atoms with Crippen LogP contribution in [-0.4, -0.2) is 17.6 Å². The Morgan fingerprint density at radius 1 is 0.963 bits per heavy atom. The van der Waals surface area contributed by atoms with Crippen LogP contribution in [0.3, 0.4) is 0 Å². The normalized spacial score (nSPS) is 12.4. The topological polar surface area (TPSA) is 49.3 Å². The molecule has 1 aromatic carbocycles. The Balaban J connectivity index is 1.99. The van der Waals surface area contributed by atoms with Crippen LogP contribution >= 0.6 is 0 Å².